The van der Waals surface area contributed by atoms with Crippen LogP contribution in [0.25, 0.3) is 0 Å². The minimum atomic E-state index is -0.533. The summed E-state index contributed by atoms with van der Waals surface area (Å²) in [5, 5.41) is 22.4. The molecule has 1 aliphatic heterocycles. The van der Waals surface area contributed by atoms with Crippen molar-refractivity contribution in [3.8, 4) is 0 Å². The number of nitro benzene ring substituents is 1. The van der Waals surface area contributed by atoms with Gasteiger partial charge in [-0.15, -0.1) is 10.2 Å². The van der Waals surface area contributed by atoms with Crippen LogP contribution in [0.1, 0.15) is 33.6 Å². The van der Waals surface area contributed by atoms with Crippen LogP contribution >= 0.6 is 11.8 Å². The van der Waals surface area contributed by atoms with Crippen LogP contribution in [0.4, 0.5) is 11.4 Å². The molecule has 10 nitrogen and oxygen atoms in total. The Morgan fingerprint density at radius 1 is 1.09 bits per heavy atom. The van der Waals surface area contributed by atoms with Gasteiger partial charge in [0.15, 0.2) is 5.16 Å². The summed E-state index contributed by atoms with van der Waals surface area (Å²) in [5.41, 5.74) is 1.01. The molecule has 1 N–H and O–H groups in total. The van der Waals surface area contributed by atoms with Gasteiger partial charge in [-0.05, 0) is 61.0 Å². The van der Waals surface area contributed by atoms with Gasteiger partial charge in [0.25, 0.3) is 17.5 Å². The summed E-state index contributed by atoms with van der Waals surface area (Å²) in [5.74, 6) is -0.506. The van der Waals surface area contributed by atoms with Crippen molar-refractivity contribution in [3.63, 3.8) is 0 Å². The van der Waals surface area contributed by atoms with Crippen LogP contribution in [0.15, 0.2) is 58.8 Å². The summed E-state index contributed by atoms with van der Waals surface area (Å²) in [6.07, 6.45) is 3.53. The van der Waals surface area contributed by atoms with Gasteiger partial charge in [-0.2, -0.15) is 0 Å². The Labute approximate surface area is 187 Å². The van der Waals surface area contributed by atoms with Crippen LogP contribution in [0.5, 0.6) is 0 Å². The van der Waals surface area contributed by atoms with E-state index in [1.165, 1.54) is 24.5 Å². The van der Waals surface area contributed by atoms with Gasteiger partial charge in [-0.3, -0.25) is 19.7 Å². The van der Waals surface area contributed by atoms with Gasteiger partial charge < -0.3 is 14.8 Å². The van der Waals surface area contributed by atoms with Gasteiger partial charge in [-0.25, -0.2) is 0 Å². The Morgan fingerprint density at radius 3 is 2.41 bits per heavy atom. The zero-order valence-electron chi connectivity index (χ0n) is 17.2. The zero-order valence-corrected chi connectivity index (χ0v) is 18.0. The van der Waals surface area contributed by atoms with Crippen molar-refractivity contribution < 1.29 is 14.5 Å². The molecule has 0 saturated carbocycles. The molecule has 1 aromatic heterocycles. The Balaban J connectivity index is 1.48. The summed E-state index contributed by atoms with van der Waals surface area (Å²) < 4.78 is 1.65. The Hall–Kier alpha value is -3.73. The number of hydrogen-bond donors (Lipinski definition) is 1. The topological polar surface area (TPSA) is 123 Å². The van der Waals surface area contributed by atoms with Crippen LogP contribution in [0.3, 0.4) is 0 Å². The van der Waals surface area contributed by atoms with Gasteiger partial charge in [0, 0.05) is 43.0 Å². The molecular formula is C21H20N6O4S. The molecule has 0 unspecified atom stereocenters. The molecule has 3 aromatic rings. The molecule has 0 aliphatic carbocycles. The summed E-state index contributed by atoms with van der Waals surface area (Å²) >= 11 is 1.09. The summed E-state index contributed by atoms with van der Waals surface area (Å²) in [7, 11) is 1.74. The molecule has 0 radical (unpaired) electrons. The third kappa shape index (κ3) is 4.62. The molecule has 0 spiro atoms. The first-order valence-electron chi connectivity index (χ1n) is 9.93. The second kappa shape index (κ2) is 9.18. The van der Waals surface area contributed by atoms with Crippen molar-refractivity contribution in [2.75, 3.05) is 18.4 Å². The quantitative estimate of drug-likeness (QED) is 0.449. The standard InChI is InChI=1S/C21H20N6O4S/c1-25-13-22-24-21(25)32-18-9-6-15(12-17(18)27(30)31)19(28)23-16-7-4-14(5-8-16)20(29)26-10-2-3-11-26/h4-9,12-13H,2-3,10-11H2,1H3,(H,23,28). The maximum atomic E-state index is 12.7. The molecule has 0 bridgehead atoms. The molecule has 32 heavy (non-hydrogen) atoms. The van der Waals surface area contributed by atoms with Crippen LogP contribution in [0, 0.1) is 10.1 Å². The third-order valence-electron chi connectivity index (χ3n) is 5.07. The number of nitrogens with zero attached hydrogens (tertiary/aromatic N) is 5. The lowest BCUT2D eigenvalue weighted by Crippen LogP contribution is -2.27. The molecule has 4 rings (SSSR count). The van der Waals surface area contributed by atoms with Crippen molar-refractivity contribution in [1.82, 2.24) is 19.7 Å². The van der Waals surface area contributed by atoms with E-state index < -0.39 is 10.8 Å². The Bertz CT molecular complexity index is 1170. The number of anilines is 1. The van der Waals surface area contributed by atoms with E-state index in [1.54, 1.807) is 35.9 Å². The van der Waals surface area contributed by atoms with Crippen LogP contribution < -0.4 is 5.32 Å². The highest BCUT2D eigenvalue weighted by molar-refractivity contribution is 7.99. The molecule has 164 valence electrons. The van der Waals surface area contributed by atoms with E-state index in [-0.39, 0.29) is 17.2 Å². The number of rotatable bonds is 6. The lowest BCUT2D eigenvalue weighted by atomic mass is 10.1. The Morgan fingerprint density at radius 2 is 1.78 bits per heavy atom. The molecule has 2 amide bonds. The number of likely N-dealkylation sites (tertiary alicyclic amines) is 1. The lowest BCUT2D eigenvalue weighted by Gasteiger charge is -2.15. The predicted molar refractivity (Wildman–Crippen MR) is 118 cm³/mol. The number of carbonyl (C=O) groups is 2. The Kier molecular flexibility index (Phi) is 6.17. The minimum absolute atomic E-state index is 0.0213. The number of nitrogens with one attached hydrogen (secondary N) is 1. The molecule has 2 heterocycles. The van der Waals surface area contributed by atoms with Crippen LogP contribution in [-0.4, -0.2) is 49.5 Å². The fourth-order valence-electron chi connectivity index (χ4n) is 3.35. The van der Waals surface area contributed by atoms with E-state index in [0.29, 0.717) is 21.3 Å². The van der Waals surface area contributed by atoms with Gasteiger partial charge in [0.2, 0.25) is 0 Å². The number of nitro groups is 1. The second-order valence-electron chi connectivity index (χ2n) is 7.30. The maximum Gasteiger partial charge on any atom is 0.284 e. The monoisotopic (exact) mass is 452 g/mol. The van der Waals surface area contributed by atoms with E-state index in [4.69, 9.17) is 0 Å². The SMILES string of the molecule is Cn1cnnc1Sc1ccc(C(=O)Nc2ccc(C(=O)N3CCCC3)cc2)cc1[N+](=O)[O-]. The summed E-state index contributed by atoms with van der Waals surface area (Å²) in [6.45, 7) is 1.53. The van der Waals surface area contributed by atoms with Crippen molar-refractivity contribution >= 4 is 35.0 Å². The third-order valence-corrected chi connectivity index (χ3v) is 6.19. The summed E-state index contributed by atoms with van der Waals surface area (Å²) in [6, 6.07) is 10.9. The lowest BCUT2D eigenvalue weighted by molar-refractivity contribution is -0.387. The van der Waals surface area contributed by atoms with E-state index in [0.717, 1.165) is 37.7 Å². The predicted octanol–water partition coefficient (Wildman–Crippen LogP) is 3.36. The number of hydrogen-bond acceptors (Lipinski definition) is 7. The zero-order chi connectivity index (χ0) is 22.7. The first kappa shape index (κ1) is 21.5. The van der Waals surface area contributed by atoms with E-state index in [2.05, 4.69) is 15.5 Å². The molecule has 2 aromatic carbocycles. The highest BCUT2D eigenvalue weighted by Gasteiger charge is 2.21. The van der Waals surface area contributed by atoms with Crippen molar-refractivity contribution in [2.45, 2.75) is 22.9 Å². The fraction of sp³-hybridized carbons (Fsp3) is 0.238. The van der Waals surface area contributed by atoms with Gasteiger partial charge in [0.1, 0.15) is 6.33 Å². The van der Waals surface area contributed by atoms with Gasteiger partial charge >= 0.3 is 0 Å². The average Bonchev–Trinajstić information content (AvgIpc) is 3.46. The van der Waals surface area contributed by atoms with Crippen molar-refractivity contribution in [3.05, 3.63) is 70.0 Å². The smallest absolute Gasteiger partial charge is 0.284 e. The van der Waals surface area contributed by atoms with E-state index >= 15 is 0 Å². The van der Waals surface area contributed by atoms with Gasteiger partial charge in [-0.1, -0.05) is 0 Å². The number of carbonyl (C=O) groups excluding carboxylic acids is 2. The number of benzene rings is 2. The fourth-order valence-corrected chi connectivity index (χ4v) is 4.20. The first-order chi connectivity index (χ1) is 15.4. The van der Waals surface area contributed by atoms with Crippen molar-refractivity contribution in [2.24, 2.45) is 7.05 Å². The number of amides is 2. The molecule has 1 saturated heterocycles. The van der Waals surface area contributed by atoms with Crippen LogP contribution in [-0.2, 0) is 7.05 Å². The highest BCUT2D eigenvalue weighted by atomic mass is 32.2. The number of aromatic nitrogens is 3. The van der Waals surface area contributed by atoms with Crippen LogP contribution in [0.2, 0.25) is 0 Å². The maximum absolute atomic E-state index is 12.7. The van der Waals surface area contributed by atoms with Crippen molar-refractivity contribution in [1.29, 1.82) is 0 Å². The molecule has 0 atom stereocenters. The average molecular weight is 452 g/mol. The first-order valence-corrected chi connectivity index (χ1v) is 10.7. The minimum Gasteiger partial charge on any atom is -0.339 e. The van der Waals surface area contributed by atoms with Gasteiger partial charge in [0.05, 0.1) is 9.82 Å². The van der Waals surface area contributed by atoms with E-state index in [9.17, 15) is 19.7 Å². The molecule has 11 heteroatoms. The normalized spacial score (nSPS) is 13.2. The molecule has 1 fully saturated rings. The highest BCUT2D eigenvalue weighted by Crippen LogP contribution is 2.34. The summed E-state index contributed by atoms with van der Waals surface area (Å²) in [4.78, 5) is 38.3. The molecule has 1 aliphatic rings. The molecular weight excluding hydrogens is 432 g/mol. The largest absolute Gasteiger partial charge is 0.339 e. The number of aryl methyl sites for hydroxylation is 1. The second-order valence-corrected chi connectivity index (χ2v) is 8.31. The van der Waals surface area contributed by atoms with E-state index in [1.807, 2.05) is 4.90 Å².